The first kappa shape index (κ1) is 18.3. The third-order valence-electron chi connectivity index (χ3n) is 3.82. The molecule has 0 fully saturated rings. The third-order valence-corrected chi connectivity index (χ3v) is 5.09. The molecule has 0 aliphatic rings. The van der Waals surface area contributed by atoms with E-state index in [4.69, 9.17) is 8.92 Å². The van der Waals surface area contributed by atoms with E-state index >= 15 is 0 Å². The van der Waals surface area contributed by atoms with Crippen LogP contribution in [-0.4, -0.2) is 8.42 Å². The van der Waals surface area contributed by atoms with Crippen LogP contribution in [0.5, 0.6) is 0 Å². The molecule has 3 rings (SSSR count). The summed E-state index contributed by atoms with van der Waals surface area (Å²) in [5.41, 5.74) is 2.94. The lowest BCUT2D eigenvalue weighted by molar-refractivity contribution is 0.107. The summed E-state index contributed by atoms with van der Waals surface area (Å²) in [6, 6.07) is 25.6. The molecule has 0 radical (unpaired) electrons. The summed E-state index contributed by atoms with van der Waals surface area (Å²) >= 11 is 0. The Labute approximate surface area is 154 Å². The third kappa shape index (κ3) is 5.26. The van der Waals surface area contributed by atoms with Crippen molar-refractivity contribution in [3.05, 3.63) is 102 Å². The van der Waals surface area contributed by atoms with Crippen LogP contribution in [0, 0.1) is 0 Å². The molecular formula is C21H20O4S. The van der Waals surface area contributed by atoms with Crippen LogP contribution in [0.25, 0.3) is 0 Å². The number of ether oxygens (including phenoxy) is 1. The zero-order chi connectivity index (χ0) is 18.2. The summed E-state index contributed by atoms with van der Waals surface area (Å²) < 4.78 is 35.0. The Bertz CT molecular complexity index is 905. The van der Waals surface area contributed by atoms with Crippen molar-refractivity contribution in [2.75, 3.05) is 0 Å². The van der Waals surface area contributed by atoms with Gasteiger partial charge in [0.25, 0.3) is 10.1 Å². The van der Waals surface area contributed by atoms with Crippen molar-refractivity contribution in [3.63, 3.8) is 0 Å². The number of benzene rings is 3. The number of rotatable bonds is 8. The minimum Gasteiger partial charge on any atom is -0.372 e. The van der Waals surface area contributed by atoms with Crippen LogP contribution in [0.2, 0.25) is 0 Å². The van der Waals surface area contributed by atoms with Crippen LogP contribution >= 0.6 is 0 Å². The van der Waals surface area contributed by atoms with Crippen LogP contribution in [0.4, 0.5) is 0 Å². The number of hydrogen-bond acceptors (Lipinski definition) is 4. The Morgan fingerprint density at radius 3 is 1.62 bits per heavy atom. The molecule has 0 N–H and O–H groups in total. The van der Waals surface area contributed by atoms with Crippen molar-refractivity contribution >= 4 is 10.1 Å². The largest absolute Gasteiger partial charge is 0.372 e. The maximum atomic E-state index is 12.1. The van der Waals surface area contributed by atoms with Gasteiger partial charge < -0.3 is 4.74 Å². The van der Waals surface area contributed by atoms with Crippen molar-refractivity contribution in [1.29, 1.82) is 0 Å². The van der Waals surface area contributed by atoms with E-state index in [0.717, 1.165) is 16.7 Å². The molecule has 0 heterocycles. The molecule has 0 saturated heterocycles. The van der Waals surface area contributed by atoms with Gasteiger partial charge in [-0.2, -0.15) is 8.42 Å². The van der Waals surface area contributed by atoms with Gasteiger partial charge in [0.15, 0.2) is 0 Å². The molecule has 0 amide bonds. The van der Waals surface area contributed by atoms with E-state index in [1.807, 2.05) is 54.6 Å². The summed E-state index contributed by atoms with van der Waals surface area (Å²) in [4.78, 5) is 0.158. The minimum absolute atomic E-state index is 0.00236. The lowest BCUT2D eigenvalue weighted by atomic mass is 10.1. The van der Waals surface area contributed by atoms with Crippen molar-refractivity contribution in [1.82, 2.24) is 0 Å². The summed E-state index contributed by atoms with van der Waals surface area (Å²) in [7, 11) is -3.74. The quantitative estimate of drug-likeness (QED) is 0.556. The van der Waals surface area contributed by atoms with Crippen molar-refractivity contribution < 1.29 is 17.3 Å². The molecule has 0 spiro atoms. The van der Waals surface area contributed by atoms with E-state index in [0.29, 0.717) is 13.2 Å². The van der Waals surface area contributed by atoms with Crippen LogP contribution < -0.4 is 0 Å². The van der Waals surface area contributed by atoms with E-state index in [2.05, 4.69) is 0 Å². The Hall–Kier alpha value is -2.47. The maximum absolute atomic E-state index is 12.1. The molecule has 0 atom stereocenters. The average Bonchev–Trinajstić information content (AvgIpc) is 2.69. The van der Waals surface area contributed by atoms with Gasteiger partial charge in [-0.1, -0.05) is 72.8 Å². The second kappa shape index (κ2) is 8.76. The summed E-state index contributed by atoms with van der Waals surface area (Å²) in [5, 5.41) is 0. The van der Waals surface area contributed by atoms with Gasteiger partial charge in [-0.25, -0.2) is 0 Å². The van der Waals surface area contributed by atoms with Crippen LogP contribution in [0.3, 0.4) is 0 Å². The average molecular weight is 368 g/mol. The Morgan fingerprint density at radius 2 is 1.04 bits per heavy atom. The molecular weight excluding hydrogens is 348 g/mol. The SMILES string of the molecule is O=S(=O)(OCc1ccc(COCc2ccccc2)cc1)c1ccccc1. The van der Waals surface area contributed by atoms with Gasteiger partial charge in [-0.3, -0.25) is 4.18 Å². The van der Waals surface area contributed by atoms with Gasteiger partial charge in [0.2, 0.25) is 0 Å². The first-order valence-electron chi connectivity index (χ1n) is 8.27. The van der Waals surface area contributed by atoms with Crippen LogP contribution in [0.1, 0.15) is 16.7 Å². The summed E-state index contributed by atoms with van der Waals surface area (Å²) in [5.74, 6) is 0. The molecule has 3 aromatic carbocycles. The molecule has 134 valence electrons. The van der Waals surface area contributed by atoms with Crippen LogP contribution in [0.15, 0.2) is 89.8 Å². The minimum atomic E-state index is -3.74. The molecule has 3 aromatic rings. The smallest absolute Gasteiger partial charge is 0.297 e. The highest BCUT2D eigenvalue weighted by Crippen LogP contribution is 2.15. The standard InChI is InChI=1S/C21H20O4S/c22-26(23,21-9-5-2-6-10-21)25-17-20-13-11-19(12-14-20)16-24-15-18-7-3-1-4-8-18/h1-14H,15-17H2. The van der Waals surface area contributed by atoms with Crippen molar-refractivity contribution in [2.45, 2.75) is 24.7 Å². The molecule has 26 heavy (non-hydrogen) atoms. The van der Waals surface area contributed by atoms with Crippen molar-refractivity contribution in [3.8, 4) is 0 Å². The van der Waals surface area contributed by atoms with Crippen LogP contribution in [-0.2, 0) is 38.9 Å². The molecule has 0 bridgehead atoms. The highest BCUT2D eigenvalue weighted by molar-refractivity contribution is 7.86. The fourth-order valence-corrected chi connectivity index (χ4v) is 3.31. The molecule has 4 nitrogen and oxygen atoms in total. The predicted molar refractivity (Wildman–Crippen MR) is 99.8 cm³/mol. The fourth-order valence-electron chi connectivity index (χ4n) is 2.39. The normalized spacial score (nSPS) is 11.4. The topological polar surface area (TPSA) is 52.6 Å². The van der Waals surface area contributed by atoms with Gasteiger partial charge in [0.05, 0.1) is 24.7 Å². The van der Waals surface area contributed by atoms with E-state index in [9.17, 15) is 8.42 Å². The van der Waals surface area contributed by atoms with Gasteiger partial charge in [0, 0.05) is 0 Å². The molecule has 5 heteroatoms. The van der Waals surface area contributed by atoms with E-state index in [1.54, 1.807) is 18.2 Å². The Kier molecular flexibility index (Phi) is 6.17. The second-order valence-electron chi connectivity index (χ2n) is 5.82. The van der Waals surface area contributed by atoms with Crippen molar-refractivity contribution in [2.24, 2.45) is 0 Å². The highest BCUT2D eigenvalue weighted by Gasteiger charge is 2.14. The Balaban J connectivity index is 1.50. The predicted octanol–water partition coefficient (Wildman–Crippen LogP) is 4.31. The molecule has 0 saturated carbocycles. The first-order valence-corrected chi connectivity index (χ1v) is 9.68. The monoisotopic (exact) mass is 368 g/mol. The zero-order valence-corrected chi connectivity index (χ0v) is 15.1. The van der Waals surface area contributed by atoms with E-state index in [1.165, 1.54) is 12.1 Å². The lowest BCUT2D eigenvalue weighted by Crippen LogP contribution is -2.06. The van der Waals surface area contributed by atoms with E-state index < -0.39 is 10.1 Å². The molecule has 0 aliphatic carbocycles. The fraction of sp³-hybridized carbons (Fsp3) is 0.143. The number of hydrogen-bond donors (Lipinski definition) is 0. The molecule has 0 unspecified atom stereocenters. The highest BCUT2D eigenvalue weighted by atomic mass is 32.2. The molecule has 0 aliphatic heterocycles. The van der Waals surface area contributed by atoms with Gasteiger partial charge >= 0.3 is 0 Å². The van der Waals surface area contributed by atoms with E-state index in [-0.39, 0.29) is 11.5 Å². The summed E-state index contributed by atoms with van der Waals surface area (Å²) in [6.07, 6.45) is 0. The maximum Gasteiger partial charge on any atom is 0.297 e. The van der Waals surface area contributed by atoms with Gasteiger partial charge in [-0.05, 0) is 28.8 Å². The molecule has 0 aromatic heterocycles. The Morgan fingerprint density at radius 1 is 0.577 bits per heavy atom. The van der Waals surface area contributed by atoms with Gasteiger partial charge in [-0.15, -0.1) is 0 Å². The second-order valence-corrected chi connectivity index (χ2v) is 7.44. The summed E-state index contributed by atoms with van der Waals surface area (Å²) in [6.45, 7) is 1.06. The first-order chi connectivity index (χ1) is 12.6. The zero-order valence-electron chi connectivity index (χ0n) is 14.2. The lowest BCUT2D eigenvalue weighted by Gasteiger charge is -2.07. The van der Waals surface area contributed by atoms with Gasteiger partial charge in [0.1, 0.15) is 0 Å².